The Labute approximate surface area is 89.3 Å². The molecule has 0 aliphatic carbocycles. The van der Waals surface area contributed by atoms with Crippen molar-refractivity contribution >= 4 is 5.82 Å². The van der Waals surface area contributed by atoms with Gasteiger partial charge in [0.15, 0.2) is 5.82 Å². The van der Waals surface area contributed by atoms with E-state index < -0.39 is 0 Å². The maximum Gasteiger partial charge on any atom is 0.152 e. The summed E-state index contributed by atoms with van der Waals surface area (Å²) in [5, 5.41) is 0. The van der Waals surface area contributed by atoms with Crippen LogP contribution in [0.4, 0.5) is 5.82 Å². The molecular weight excluding hydrogens is 192 g/mol. The van der Waals surface area contributed by atoms with Gasteiger partial charge >= 0.3 is 0 Å². The third-order valence-electron chi connectivity index (χ3n) is 2.59. The van der Waals surface area contributed by atoms with E-state index in [9.17, 15) is 0 Å². The van der Waals surface area contributed by atoms with Crippen molar-refractivity contribution in [1.29, 1.82) is 0 Å². The fourth-order valence-corrected chi connectivity index (χ4v) is 1.79. The van der Waals surface area contributed by atoms with Gasteiger partial charge in [-0.25, -0.2) is 4.98 Å². The minimum absolute atomic E-state index is 0.334. The number of anilines is 1. The van der Waals surface area contributed by atoms with Crippen molar-refractivity contribution in [1.82, 2.24) is 9.97 Å². The van der Waals surface area contributed by atoms with Gasteiger partial charge in [0, 0.05) is 25.5 Å². The van der Waals surface area contributed by atoms with Gasteiger partial charge in [-0.05, 0) is 6.92 Å². The van der Waals surface area contributed by atoms with Gasteiger partial charge in [0.05, 0.1) is 24.9 Å². The van der Waals surface area contributed by atoms with Crippen LogP contribution in [-0.4, -0.2) is 35.8 Å². The summed E-state index contributed by atoms with van der Waals surface area (Å²) in [5.41, 5.74) is 6.50. The first-order valence-electron chi connectivity index (χ1n) is 5.17. The fourth-order valence-electron chi connectivity index (χ4n) is 1.79. The van der Waals surface area contributed by atoms with E-state index in [0.717, 1.165) is 31.3 Å². The lowest BCUT2D eigenvalue weighted by atomic mass is 10.2. The van der Waals surface area contributed by atoms with E-state index in [2.05, 4.69) is 21.8 Å². The lowest BCUT2D eigenvalue weighted by Crippen LogP contribution is -2.44. The molecule has 1 aromatic rings. The average molecular weight is 208 g/mol. The summed E-state index contributed by atoms with van der Waals surface area (Å²) in [6.45, 7) is 4.87. The molecule has 82 valence electrons. The molecular formula is C10H16N4O. The van der Waals surface area contributed by atoms with Crippen molar-refractivity contribution < 1.29 is 4.74 Å². The summed E-state index contributed by atoms with van der Waals surface area (Å²) in [6.07, 6.45) is 3.38. The highest BCUT2D eigenvalue weighted by Crippen LogP contribution is 2.19. The number of rotatable bonds is 2. The van der Waals surface area contributed by atoms with Crippen molar-refractivity contribution in [3.05, 3.63) is 18.1 Å². The molecule has 1 saturated heterocycles. The fraction of sp³-hybridized carbons (Fsp3) is 0.600. The maximum absolute atomic E-state index is 5.64. The van der Waals surface area contributed by atoms with E-state index in [-0.39, 0.29) is 0 Å². The molecule has 1 atom stereocenters. The molecule has 2 heterocycles. The predicted octanol–water partition coefficient (Wildman–Crippen LogP) is 0.160. The van der Waals surface area contributed by atoms with Gasteiger partial charge < -0.3 is 15.4 Å². The SMILES string of the molecule is CC1COCCN1c1nccnc1CN. The summed E-state index contributed by atoms with van der Waals surface area (Å²) in [5.74, 6) is 0.899. The first kappa shape index (κ1) is 10.3. The number of morpholine rings is 1. The second-order valence-corrected chi connectivity index (χ2v) is 3.65. The van der Waals surface area contributed by atoms with Crippen molar-refractivity contribution in [2.45, 2.75) is 19.5 Å². The monoisotopic (exact) mass is 208 g/mol. The normalized spacial score (nSPS) is 21.7. The topological polar surface area (TPSA) is 64.3 Å². The van der Waals surface area contributed by atoms with E-state index in [1.54, 1.807) is 12.4 Å². The van der Waals surface area contributed by atoms with Crippen molar-refractivity contribution in [3.63, 3.8) is 0 Å². The molecule has 0 saturated carbocycles. The maximum atomic E-state index is 5.64. The Morgan fingerprint density at radius 2 is 2.33 bits per heavy atom. The Balaban J connectivity index is 2.26. The van der Waals surface area contributed by atoms with Crippen LogP contribution in [0.2, 0.25) is 0 Å². The first-order chi connectivity index (χ1) is 7.33. The van der Waals surface area contributed by atoms with Gasteiger partial charge in [0.2, 0.25) is 0 Å². The Kier molecular flexibility index (Phi) is 3.13. The summed E-state index contributed by atoms with van der Waals surface area (Å²) in [6, 6.07) is 0.334. The highest BCUT2D eigenvalue weighted by molar-refractivity contribution is 5.44. The molecule has 2 rings (SSSR count). The Morgan fingerprint density at radius 3 is 3.07 bits per heavy atom. The summed E-state index contributed by atoms with van der Waals surface area (Å²) < 4.78 is 5.39. The van der Waals surface area contributed by atoms with E-state index in [1.807, 2.05) is 0 Å². The van der Waals surface area contributed by atoms with Gasteiger partial charge in [-0.15, -0.1) is 0 Å². The number of ether oxygens (including phenoxy) is 1. The number of nitrogens with two attached hydrogens (primary N) is 1. The van der Waals surface area contributed by atoms with Crippen LogP contribution >= 0.6 is 0 Å². The van der Waals surface area contributed by atoms with Crippen molar-refractivity contribution in [3.8, 4) is 0 Å². The van der Waals surface area contributed by atoms with Gasteiger partial charge in [0.25, 0.3) is 0 Å². The lowest BCUT2D eigenvalue weighted by molar-refractivity contribution is 0.0984. The summed E-state index contributed by atoms with van der Waals surface area (Å²) in [7, 11) is 0. The molecule has 15 heavy (non-hydrogen) atoms. The molecule has 1 unspecified atom stereocenters. The third kappa shape index (κ3) is 2.08. The molecule has 1 aliphatic rings. The van der Waals surface area contributed by atoms with Crippen molar-refractivity contribution in [2.24, 2.45) is 5.73 Å². The predicted molar refractivity (Wildman–Crippen MR) is 57.6 cm³/mol. The van der Waals surface area contributed by atoms with E-state index in [4.69, 9.17) is 10.5 Å². The molecule has 2 N–H and O–H groups in total. The van der Waals surface area contributed by atoms with E-state index >= 15 is 0 Å². The number of nitrogens with zero attached hydrogens (tertiary/aromatic N) is 3. The van der Waals surface area contributed by atoms with Gasteiger partial charge in [-0.3, -0.25) is 4.98 Å². The van der Waals surface area contributed by atoms with Gasteiger partial charge in [0.1, 0.15) is 0 Å². The van der Waals surface area contributed by atoms with E-state index in [0.29, 0.717) is 12.6 Å². The van der Waals surface area contributed by atoms with Gasteiger partial charge in [-0.1, -0.05) is 0 Å². The molecule has 0 aromatic carbocycles. The number of hydrogen-bond acceptors (Lipinski definition) is 5. The molecule has 5 nitrogen and oxygen atoms in total. The summed E-state index contributed by atoms with van der Waals surface area (Å²) >= 11 is 0. The van der Waals surface area contributed by atoms with Crippen LogP contribution in [0.15, 0.2) is 12.4 Å². The second-order valence-electron chi connectivity index (χ2n) is 3.65. The van der Waals surface area contributed by atoms with Crippen LogP contribution in [0.5, 0.6) is 0 Å². The molecule has 1 fully saturated rings. The van der Waals surface area contributed by atoms with E-state index in [1.165, 1.54) is 0 Å². The van der Waals surface area contributed by atoms with Crippen LogP contribution in [0, 0.1) is 0 Å². The zero-order valence-electron chi connectivity index (χ0n) is 8.89. The highest BCUT2D eigenvalue weighted by Gasteiger charge is 2.22. The average Bonchev–Trinajstić information content (AvgIpc) is 2.30. The first-order valence-corrected chi connectivity index (χ1v) is 5.17. The number of hydrogen-bond donors (Lipinski definition) is 1. The summed E-state index contributed by atoms with van der Waals surface area (Å²) in [4.78, 5) is 10.8. The molecule has 1 aromatic heterocycles. The smallest absolute Gasteiger partial charge is 0.152 e. The molecule has 0 amide bonds. The van der Waals surface area contributed by atoms with Crippen LogP contribution in [0.1, 0.15) is 12.6 Å². The van der Waals surface area contributed by atoms with Crippen LogP contribution in [-0.2, 0) is 11.3 Å². The Morgan fingerprint density at radius 1 is 1.53 bits per heavy atom. The standard InChI is InChI=1S/C10H16N4O/c1-8-7-15-5-4-14(8)10-9(6-11)12-2-3-13-10/h2-3,8H,4-7,11H2,1H3. The molecule has 0 spiro atoms. The molecule has 1 aliphatic heterocycles. The van der Waals surface area contributed by atoms with Crippen LogP contribution in [0.3, 0.4) is 0 Å². The minimum Gasteiger partial charge on any atom is -0.377 e. The molecule has 0 bridgehead atoms. The molecule has 0 radical (unpaired) electrons. The third-order valence-corrected chi connectivity index (χ3v) is 2.59. The molecule has 5 heteroatoms. The van der Waals surface area contributed by atoms with Gasteiger partial charge in [-0.2, -0.15) is 0 Å². The zero-order valence-corrected chi connectivity index (χ0v) is 8.89. The highest BCUT2D eigenvalue weighted by atomic mass is 16.5. The number of aromatic nitrogens is 2. The minimum atomic E-state index is 0.334. The Hall–Kier alpha value is -1.20. The van der Waals surface area contributed by atoms with Crippen molar-refractivity contribution in [2.75, 3.05) is 24.7 Å². The van der Waals surface area contributed by atoms with Crippen LogP contribution < -0.4 is 10.6 Å². The Bertz CT molecular complexity index is 331. The van der Waals surface area contributed by atoms with Crippen LogP contribution in [0.25, 0.3) is 0 Å². The lowest BCUT2D eigenvalue weighted by Gasteiger charge is -2.34. The quantitative estimate of drug-likeness (QED) is 0.750. The zero-order chi connectivity index (χ0) is 10.7. The second kappa shape index (κ2) is 4.55. The largest absolute Gasteiger partial charge is 0.377 e.